The molecule has 0 fully saturated rings. The van der Waals surface area contributed by atoms with Gasteiger partial charge in [-0.1, -0.05) is 19.8 Å². The van der Waals surface area contributed by atoms with Crippen molar-refractivity contribution in [3.63, 3.8) is 0 Å². The smallest absolute Gasteiger partial charge is 0.254 e. The number of unbranched alkanes of at least 4 members (excludes halogenated alkanes) is 2. The second-order valence-corrected chi connectivity index (χ2v) is 4.31. The maximum atomic E-state index is 12.0. The molecule has 0 unspecified atom stereocenters. The fraction of sp³-hybridized carbons (Fsp3) is 0.615. The minimum absolute atomic E-state index is 0.110. The number of nitrogens with zero attached hydrogens (tertiary/aromatic N) is 2. The van der Waals surface area contributed by atoms with E-state index >= 15 is 0 Å². The van der Waals surface area contributed by atoms with E-state index in [9.17, 15) is 4.79 Å². The number of amides is 1. The Hall–Kier alpha value is -1.65. The largest absolute Gasteiger partial charge is 0.368 e. The van der Waals surface area contributed by atoms with Gasteiger partial charge in [0.2, 0.25) is 5.95 Å². The van der Waals surface area contributed by atoms with Crippen LogP contribution in [0.5, 0.6) is 0 Å². The number of nitrogen functional groups attached to an aromatic ring is 1. The van der Waals surface area contributed by atoms with Crippen LogP contribution in [0.1, 0.15) is 54.9 Å². The average Bonchev–Trinajstić information content (AvgIpc) is 2.28. The van der Waals surface area contributed by atoms with Gasteiger partial charge >= 0.3 is 0 Å². The molecule has 0 aromatic carbocycles. The number of hydrogen-bond acceptors (Lipinski definition) is 4. The van der Waals surface area contributed by atoms with E-state index in [-0.39, 0.29) is 11.9 Å². The first kappa shape index (κ1) is 14.4. The lowest BCUT2D eigenvalue weighted by Crippen LogP contribution is -2.26. The Balaban J connectivity index is 3.00. The van der Waals surface area contributed by atoms with Crippen LogP contribution in [0.25, 0.3) is 0 Å². The molecule has 1 heterocycles. The van der Waals surface area contributed by atoms with Gasteiger partial charge in [0.15, 0.2) is 0 Å². The lowest BCUT2D eigenvalue weighted by Gasteiger charge is -2.11. The topological polar surface area (TPSA) is 80.9 Å². The zero-order chi connectivity index (χ0) is 13.5. The van der Waals surface area contributed by atoms with Crippen LogP contribution in [0, 0.1) is 6.92 Å². The van der Waals surface area contributed by atoms with Crippen LogP contribution < -0.4 is 11.1 Å². The minimum Gasteiger partial charge on any atom is -0.368 e. The van der Waals surface area contributed by atoms with Gasteiger partial charge in [-0.05, 0) is 26.7 Å². The molecule has 100 valence electrons. The highest BCUT2D eigenvalue weighted by Crippen LogP contribution is 2.15. The molecule has 1 rings (SSSR count). The maximum absolute atomic E-state index is 12.0. The van der Waals surface area contributed by atoms with Gasteiger partial charge in [0, 0.05) is 6.54 Å². The quantitative estimate of drug-likeness (QED) is 0.755. The number of nitrogens with one attached hydrogen (secondary N) is 1. The monoisotopic (exact) mass is 250 g/mol. The van der Waals surface area contributed by atoms with E-state index in [4.69, 9.17) is 5.73 Å². The zero-order valence-corrected chi connectivity index (χ0v) is 11.4. The van der Waals surface area contributed by atoms with Crippen molar-refractivity contribution >= 4 is 11.9 Å². The Morgan fingerprint density at radius 3 is 2.61 bits per heavy atom. The molecule has 0 saturated carbocycles. The van der Waals surface area contributed by atoms with E-state index in [2.05, 4.69) is 22.2 Å². The van der Waals surface area contributed by atoms with Crippen LogP contribution in [-0.2, 0) is 6.42 Å². The van der Waals surface area contributed by atoms with Crippen LogP contribution in [0.15, 0.2) is 0 Å². The summed E-state index contributed by atoms with van der Waals surface area (Å²) in [6, 6.07) is 0. The molecular formula is C13H22N4O. The normalized spacial score (nSPS) is 10.4. The number of hydrogen-bond donors (Lipinski definition) is 2. The van der Waals surface area contributed by atoms with Crippen LogP contribution in [0.3, 0.4) is 0 Å². The summed E-state index contributed by atoms with van der Waals surface area (Å²) in [4.78, 5) is 20.3. The van der Waals surface area contributed by atoms with Gasteiger partial charge < -0.3 is 11.1 Å². The Bertz CT molecular complexity index is 418. The highest BCUT2D eigenvalue weighted by atomic mass is 16.1. The molecule has 5 nitrogen and oxygen atoms in total. The van der Waals surface area contributed by atoms with E-state index in [1.807, 2.05) is 6.92 Å². The van der Waals surface area contributed by atoms with E-state index < -0.39 is 0 Å². The summed E-state index contributed by atoms with van der Waals surface area (Å²) in [6.07, 6.45) is 4.04. The summed E-state index contributed by atoms with van der Waals surface area (Å²) >= 11 is 0. The fourth-order valence-corrected chi connectivity index (χ4v) is 1.92. The molecule has 0 saturated heterocycles. The van der Waals surface area contributed by atoms with Crippen molar-refractivity contribution in [1.82, 2.24) is 15.3 Å². The highest BCUT2D eigenvalue weighted by molar-refractivity contribution is 5.96. The van der Waals surface area contributed by atoms with E-state index in [1.54, 1.807) is 6.92 Å². The number of carbonyl (C=O) groups is 1. The number of carbonyl (C=O) groups excluding carboxylic acids is 1. The molecule has 0 spiro atoms. The summed E-state index contributed by atoms with van der Waals surface area (Å²) < 4.78 is 0. The van der Waals surface area contributed by atoms with E-state index in [0.29, 0.717) is 17.8 Å². The Labute approximate surface area is 108 Å². The van der Waals surface area contributed by atoms with Crippen molar-refractivity contribution in [3.8, 4) is 0 Å². The number of aryl methyl sites for hydroxylation is 2. The Morgan fingerprint density at radius 2 is 2.00 bits per heavy atom. The molecule has 1 aromatic rings. The predicted molar refractivity (Wildman–Crippen MR) is 72.4 cm³/mol. The standard InChI is InChI=1S/C13H22N4O/c1-4-6-7-8-10-11(12(18)15-5-2)9(3)16-13(14)17-10/h4-8H2,1-3H3,(H,15,18)(H2,14,16,17). The summed E-state index contributed by atoms with van der Waals surface area (Å²) in [7, 11) is 0. The molecular weight excluding hydrogens is 228 g/mol. The summed E-state index contributed by atoms with van der Waals surface area (Å²) in [5, 5.41) is 2.79. The zero-order valence-electron chi connectivity index (χ0n) is 11.4. The lowest BCUT2D eigenvalue weighted by molar-refractivity contribution is 0.0953. The number of rotatable bonds is 6. The van der Waals surface area contributed by atoms with Crippen molar-refractivity contribution in [2.45, 2.75) is 46.5 Å². The molecule has 0 atom stereocenters. The van der Waals surface area contributed by atoms with Gasteiger partial charge in [0.05, 0.1) is 17.0 Å². The van der Waals surface area contributed by atoms with Crippen molar-refractivity contribution in [2.75, 3.05) is 12.3 Å². The Morgan fingerprint density at radius 1 is 1.28 bits per heavy atom. The number of aromatic nitrogens is 2. The summed E-state index contributed by atoms with van der Waals surface area (Å²) in [5.74, 6) is 0.133. The Kier molecular flexibility index (Phi) is 5.55. The number of anilines is 1. The molecule has 1 aromatic heterocycles. The van der Waals surface area contributed by atoms with Gasteiger partial charge in [-0.3, -0.25) is 4.79 Å². The first-order chi connectivity index (χ1) is 8.60. The number of nitrogens with two attached hydrogens (primary N) is 1. The first-order valence-electron chi connectivity index (χ1n) is 6.51. The molecule has 0 aliphatic carbocycles. The molecule has 0 bridgehead atoms. The molecule has 18 heavy (non-hydrogen) atoms. The van der Waals surface area contributed by atoms with Crippen LogP contribution in [0.4, 0.5) is 5.95 Å². The van der Waals surface area contributed by atoms with Crippen molar-refractivity contribution in [3.05, 3.63) is 17.0 Å². The van der Waals surface area contributed by atoms with Gasteiger partial charge in [-0.15, -0.1) is 0 Å². The van der Waals surface area contributed by atoms with Gasteiger partial charge in [-0.25, -0.2) is 9.97 Å². The third-order valence-corrected chi connectivity index (χ3v) is 2.76. The second-order valence-electron chi connectivity index (χ2n) is 4.31. The average molecular weight is 250 g/mol. The molecule has 1 amide bonds. The third-order valence-electron chi connectivity index (χ3n) is 2.76. The van der Waals surface area contributed by atoms with Crippen LogP contribution in [-0.4, -0.2) is 22.4 Å². The summed E-state index contributed by atoms with van der Waals surface area (Å²) in [5.41, 5.74) is 7.65. The first-order valence-corrected chi connectivity index (χ1v) is 6.51. The minimum atomic E-state index is -0.110. The molecule has 5 heteroatoms. The van der Waals surface area contributed by atoms with E-state index in [0.717, 1.165) is 31.4 Å². The summed E-state index contributed by atoms with van der Waals surface area (Å²) in [6.45, 7) is 6.43. The fourth-order valence-electron chi connectivity index (χ4n) is 1.92. The van der Waals surface area contributed by atoms with Crippen molar-refractivity contribution < 1.29 is 4.79 Å². The molecule has 3 N–H and O–H groups in total. The molecule has 0 radical (unpaired) electrons. The predicted octanol–water partition coefficient (Wildman–Crippen LogP) is 1.85. The maximum Gasteiger partial charge on any atom is 0.254 e. The van der Waals surface area contributed by atoms with Gasteiger partial charge in [0.1, 0.15) is 0 Å². The lowest BCUT2D eigenvalue weighted by atomic mass is 10.1. The van der Waals surface area contributed by atoms with Crippen molar-refractivity contribution in [2.24, 2.45) is 0 Å². The molecule has 0 aliphatic heterocycles. The third kappa shape index (κ3) is 3.68. The second kappa shape index (κ2) is 6.93. The van der Waals surface area contributed by atoms with Crippen molar-refractivity contribution in [1.29, 1.82) is 0 Å². The van der Waals surface area contributed by atoms with Gasteiger partial charge in [0.25, 0.3) is 5.91 Å². The van der Waals surface area contributed by atoms with Crippen LogP contribution in [0.2, 0.25) is 0 Å². The van der Waals surface area contributed by atoms with Crippen LogP contribution >= 0.6 is 0 Å². The van der Waals surface area contributed by atoms with Gasteiger partial charge in [-0.2, -0.15) is 0 Å². The molecule has 0 aliphatic rings. The van der Waals surface area contributed by atoms with E-state index in [1.165, 1.54) is 0 Å². The highest BCUT2D eigenvalue weighted by Gasteiger charge is 2.16. The SMILES string of the molecule is CCCCCc1nc(N)nc(C)c1C(=O)NCC.